The summed E-state index contributed by atoms with van der Waals surface area (Å²) in [4.78, 5) is 134. The molecule has 8 aromatic rings. The van der Waals surface area contributed by atoms with Gasteiger partial charge in [0, 0.05) is 47.8 Å². The molecule has 660 valence electrons. The lowest BCUT2D eigenvalue weighted by Gasteiger charge is -2.47. The number of rotatable bonds is 20. The summed E-state index contributed by atoms with van der Waals surface area (Å²) in [6.07, 6.45) is -18.7. The third-order valence-corrected chi connectivity index (χ3v) is 22.8. The average Bonchev–Trinajstić information content (AvgIpc) is 0.764. The molecule has 15 rings (SSSR count). The fourth-order valence-corrected chi connectivity index (χ4v) is 16.0. The van der Waals surface area contributed by atoms with Crippen LogP contribution in [0.25, 0.3) is 33.4 Å². The van der Waals surface area contributed by atoms with Crippen LogP contribution in [0.2, 0.25) is 10.0 Å². The number of likely N-dealkylation sites (N-methyl/N-ethyl adjacent to an activating group) is 1. The Hall–Kier alpha value is -12.1. The van der Waals surface area contributed by atoms with Gasteiger partial charge in [-0.1, -0.05) is 122 Å². The molecule has 22 N–H and O–H groups in total. The largest absolute Gasteiger partial charge is 0.508 e. The first-order chi connectivity index (χ1) is 59.6. The molecule has 7 heterocycles. The molecular weight excluding hydrogens is 1670 g/mol. The summed E-state index contributed by atoms with van der Waals surface area (Å²) in [7, 11) is 1.48. The van der Waals surface area contributed by atoms with Crippen molar-refractivity contribution in [3.05, 3.63) is 201 Å². The number of ether oxygens (including phenoxy) is 6. The van der Waals surface area contributed by atoms with Gasteiger partial charge in [0.25, 0.3) is 5.91 Å². The van der Waals surface area contributed by atoms with Crippen molar-refractivity contribution in [1.82, 2.24) is 47.9 Å². The smallest absolute Gasteiger partial charge is 0.251 e. The quantitative estimate of drug-likeness (QED) is 0.0473. The number of amides is 9. The third-order valence-electron chi connectivity index (χ3n) is 22.2. The minimum Gasteiger partial charge on any atom is -0.508 e. The molecule has 125 heavy (non-hydrogen) atoms. The monoisotopic (exact) mass is 1760 g/mol. The van der Waals surface area contributed by atoms with Crippen LogP contribution in [0.1, 0.15) is 122 Å². The Labute approximate surface area is 725 Å². The number of phenols is 3. The molecule has 0 spiro atoms. The van der Waals surface area contributed by atoms with Gasteiger partial charge in [0.2, 0.25) is 59.3 Å². The maximum absolute atomic E-state index is 16.3. The zero-order valence-corrected chi connectivity index (χ0v) is 69.4. The van der Waals surface area contributed by atoms with Gasteiger partial charge in [0.1, 0.15) is 95.5 Å². The number of aliphatic hydroxyl groups excluding tert-OH is 6. The average molecular weight is 1760 g/mol. The Morgan fingerprint density at radius 1 is 0.624 bits per heavy atom. The highest BCUT2D eigenvalue weighted by molar-refractivity contribution is 6.32. The van der Waals surface area contributed by atoms with E-state index in [0.717, 1.165) is 82.9 Å². The molecule has 37 heteroatoms. The van der Waals surface area contributed by atoms with Crippen molar-refractivity contribution in [3.63, 3.8) is 0 Å². The molecule has 0 radical (unpaired) electrons. The maximum atomic E-state index is 16.3. The Balaban J connectivity index is 0.918. The number of nitrogens with two attached hydrogens (primary N) is 2. The Bertz CT molecular complexity index is 5400. The van der Waals surface area contributed by atoms with Crippen LogP contribution in [-0.2, 0) is 52.6 Å². The molecule has 11 bridgehead atoms. The number of aliphatic hydroxyl groups is 6. The number of benzene rings is 8. The molecule has 9 amide bonds. The number of hydrogen-bond donors (Lipinski definition) is 20. The predicted molar refractivity (Wildman–Crippen MR) is 449 cm³/mol. The predicted octanol–water partition coefficient (Wildman–Crippen LogP) is 4.29. The number of nitrogens with one attached hydrogen (secondary N) is 9. The van der Waals surface area contributed by atoms with E-state index in [0.29, 0.717) is 5.56 Å². The summed E-state index contributed by atoms with van der Waals surface area (Å²) < 4.78 is 38.7. The molecule has 0 aliphatic carbocycles. The standard InChI is InChI=1S/C88H95Cl2N11O24/c1-39(2)28-55(93-5)80(113)100-70-72(107)47-21-24-59(53(89)30-47)121-61-32-49-33-62(76(61)125-87-77(75(110)74(109)63(38-102)123-87)124-65-37-88(4,92)78(111)40(3)120-65)122-60-25-22-48(31-54(60)90)73(108)71-86(119)99-69(82(115)95-27-9-26-94-79(112)45-18-16-44(17-19-45)43-14-12-42(13-15-43)41-10-7-6-8-11-41)52-34-50(103)35-58(105)66(52)51-29-46(20-23-57(51)104)67(83(116)101-71)98-84(117)68(49)97-81(114)56(36-64(91)106)96-85(70)118/h6-8,10-25,29-35,39-40,55-56,63,65,67-75,77-78,87,93,102-105,107-111H,9,26-28,36-38,92H2,1-5H3,(H2,91,106)(H,94,112)(H,95,115)(H,96,118)(H,97,114)(H,98,117)(H,99,119)(H,100,113)(H,101,116)/t40-,55+,56-,63+,65?,67+,68?,69?,70+,71-,72+,73+,74+,75-,77+,78+,87-,88-/m0/s1. The second-order valence-electron chi connectivity index (χ2n) is 31.8. The molecule has 2 saturated heterocycles. The van der Waals surface area contributed by atoms with Gasteiger partial charge >= 0.3 is 0 Å². The van der Waals surface area contributed by atoms with E-state index in [-0.39, 0.29) is 65.7 Å². The van der Waals surface area contributed by atoms with E-state index in [1.54, 1.807) is 24.3 Å². The topological polar surface area (TPSA) is 551 Å². The summed E-state index contributed by atoms with van der Waals surface area (Å²) in [5.74, 6) is -15.5. The van der Waals surface area contributed by atoms with E-state index in [9.17, 15) is 60.3 Å². The number of hydrogen-bond acceptors (Lipinski definition) is 26. The van der Waals surface area contributed by atoms with E-state index in [2.05, 4.69) is 47.9 Å². The van der Waals surface area contributed by atoms with Crippen molar-refractivity contribution >= 4 is 76.4 Å². The minimum atomic E-state index is -2.37. The molecular formula is C88H95Cl2N11O24. The number of halogens is 2. The fourth-order valence-electron chi connectivity index (χ4n) is 15.5. The van der Waals surface area contributed by atoms with Crippen LogP contribution in [0, 0.1) is 5.92 Å². The number of fused-ring (bicyclic) bond motifs is 15. The third kappa shape index (κ3) is 20.3. The van der Waals surface area contributed by atoms with Crippen molar-refractivity contribution in [1.29, 1.82) is 0 Å². The molecule has 0 aromatic heterocycles. The summed E-state index contributed by atoms with van der Waals surface area (Å²) in [5, 5.41) is 129. The summed E-state index contributed by atoms with van der Waals surface area (Å²) in [6.45, 7) is 5.44. The van der Waals surface area contributed by atoms with Gasteiger partial charge in [-0.05, 0) is 156 Å². The van der Waals surface area contributed by atoms with Gasteiger partial charge in [0.05, 0.1) is 41.3 Å². The Morgan fingerprint density at radius 2 is 1.21 bits per heavy atom. The summed E-state index contributed by atoms with van der Waals surface area (Å²) in [6, 6.07) is 24.7. The fraction of sp³-hybridized carbons (Fsp3) is 0.352. The highest BCUT2D eigenvalue weighted by Gasteiger charge is 2.52. The van der Waals surface area contributed by atoms with Gasteiger partial charge in [-0.15, -0.1) is 0 Å². The second-order valence-corrected chi connectivity index (χ2v) is 32.6. The zero-order valence-electron chi connectivity index (χ0n) is 67.9. The number of primary amides is 1. The molecule has 35 nitrogen and oxygen atoms in total. The highest BCUT2D eigenvalue weighted by atomic mass is 35.5. The first-order valence-electron chi connectivity index (χ1n) is 40.1. The van der Waals surface area contributed by atoms with Gasteiger partial charge in [0.15, 0.2) is 23.9 Å². The molecule has 7 aliphatic rings. The zero-order chi connectivity index (χ0) is 89.7. The van der Waals surface area contributed by atoms with Gasteiger partial charge in [-0.3, -0.25) is 43.2 Å². The first kappa shape index (κ1) is 90.7. The van der Waals surface area contributed by atoms with E-state index < -0.39 is 243 Å². The minimum absolute atomic E-state index is 0.0122. The van der Waals surface area contributed by atoms with Crippen LogP contribution >= 0.6 is 23.2 Å². The molecule has 8 aromatic carbocycles. The molecule has 18 atom stereocenters. The second kappa shape index (κ2) is 38.6. The van der Waals surface area contributed by atoms with Crippen LogP contribution < -0.4 is 73.5 Å². The van der Waals surface area contributed by atoms with E-state index in [1.165, 1.54) is 39.1 Å². The summed E-state index contributed by atoms with van der Waals surface area (Å²) >= 11 is 14.3. The van der Waals surface area contributed by atoms with E-state index >= 15 is 28.8 Å². The van der Waals surface area contributed by atoms with Crippen molar-refractivity contribution in [2.45, 2.75) is 163 Å². The van der Waals surface area contributed by atoms with Crippen molar-refractivity contribution < 1.29 is 118 Å². The normalized spacial score (nSPS) is 25.9. The maximum Gasteiger partial charge on any atom is 0.251 e. The van der Waals surface area contributed by atoms with Gasteiger partial charge < -0.3 is 134 Å². The van der Waals surface area contributed by atoms with Crippen LogP contribution in [0.4, 0.5) is 0 Å². The number of phenolic OH excluding ortho intramolecular Hbond substituents is 3. The van der Waals surface area contributed by atoms with Crippen LogP contribution in [0.5, 0.6) is 46.0 Å². The lowest BCUT2D eigenvalue weighted by molar-refractivity contribution is -0.333. The lowest BCUT2D eigenvalue weighted by Crippen LogP contribution is -2.64. The van der Waals surface area contributed by atoms with Crippen molar-refractivity contribution in [3.8, 4) is 79.4 Å². The molecule has 2 fully saturated rings. The lowest BCUT2D eigenvalue weighted by atomic mass is 9.86. The molecule has 0 saturated carbocycles. The number of aromatic hydroxyl groups is 3. The van der Waals surface area contributed by atoms with Crippen LogP contribution in [0.3, 0.4) is 0 Å². The highest BCUT2D eigenvalue weighted by Crippen LogP contribution is 2.50. The summed E-state index contributed by atoms with van der Waals surface area (Å²) in [5.41, 5.74) is 12.6. The van der Waals surface area contributed by atoms with Gasteiger partial charge in [-0.25, -0.2) is 0 Å². The van der Waals surface area contributed by atoms with Crippen molar-refractivity contribution in [2.75, 3.05) is 26.7 Å². The molecule has 7 aliphatic heterocycles. The van der Waals surface area contributed by atoms with Crippen LogP contribution in [0.15, 0.2) is 158 Å². The Morgan fingerprint density at radius 3 is 1.81 bits per heavy atom. The first-order valence-corrected chi connectivity index (χ1v) is 40.9. The molecule has 3 unspecified atom stereocenters. The van der Waals surface area contributed by atoms with Gasteiger partial charge in [-0.2, -0.15) is 0 Å². The van der Waals surface area contributed by atoms with E-state index in [1.807, 2.05) is 68.4 Å². The number of carbonyl (C=O) groups is 9. The Kier molecular flexibility index (Phi) is 28.0. The van der Waals surface area contributed by atoms with Crippen molar-refractivity contribution in [2.24, 2.45) is 17.4 Å². The number of carbonyl (C=O) groups excluding carboxylic acids is 9. The van der Waals surface area contributed by atoms with Crippen LogP contribution in [-0.4, -0.2) is 205 Å². The SMILES string of the molecule is CN[C@H](CC(C)C)C(=O)N[C@H]1C(=O)N[C@@H](CC(N)=O)C(=O)NC2C(=O)N[C@H]3C(=O)N[C@H](C(=O)NC(C(=O)NCCCNC(=O)c4ccc(-c5ccc(-c6ccccc6)cc5)cc4)c4cc(O)cc(O)c4-c4cc3ccc4O)[C@H](O)c3ccc(c(Cl)c3)Oc3cc2cc(c3O[C@@H]2O[C@H](CO)[C@@H](O)[C@H](O)[C@H]2OC2C[C@](C)(N)[C@H](O)[C@H](C)O2)Oc2ccc(cc2Cl)[C@H]1O. The van der Waals surface area contributed by atoms with E-state index in [4.69, 9.17) is 63.1 Å².